The quantitative estimate of drug-likeness (QED) is 0.553. The first-order chi connectivity index (χ1) is 8.09. The number of aliphatic carboxylic acids is 1. The van der Waals surface area contributed by atoms with Gasteiger partial charge in [-0.3, -0.25) is 9.59 Å². The molecule has 88 valence electrons. The van der Waals surface area contributed by atoms with Gasteiger partial charge < -0.3 is 15.8 Å². The summed E-state index contributed by atoms with van der Waals surface area (Å²) in [6.45, 7) is 0. The maximum Gasteiger partial charge on any atom is 0.303 e. The molecule has 0 aliphatic heterocycles. The van der Waals surface area contributed by atoms with Crippen molar-refractivity contribution in [1.82, 2.24) is 4.98 Å². The molecule has 0 aliphatic rings. The van der Waals surface area contributed by atoms with Gasteiger partial charge in [0.05, 0.1) is 6.42 Å². The Bertz CT molecular complexity index is 586. The predicted molar refractivity (Wildman–Crippen MR) is 63.9 cm³/mol. The summed E-state index contributed by atoms with van der Waals surface area (Å²) in [5.41, 5.74) is 7.56. The molecule has 1 aromatic heterocycles. The summed E-state index contributed by atoms with van der Waals surface area (Å²) >= 11 is 0. The number of nitrogens with one attached hydrogen (secondary N) is 1. The zero-order valence-electron chi connectivity index (χ0n) is 9.06. The van der Waals surface area contributed by atoms with Crippen molar-refractivity contribution in [2.45, 2.75) is 12.8 Å². The van der Waals surface area contributed by atoms with Gasteiger partial charge in [-0.25, -0.2) is 0 Å². The third-order valence-electron chi connectivity index (χ3n) is 2.60. The highest BCUT2D eigenvalue weighted by Gasteiger charge is 2.14. The van der Waals surface area contributed by atoms with Crippen molar-refractivity contribution in [2.24, 2.45) is 0 Å². The highest BCUT2D eigenvalue weighted by atomic mass is 16.4. The SMILES string of the molecule is Nc1cccc2[nH]cc(C(=O)CCC(=O)O)c12. The Morgan fingerprint density at radius 2 is 2.06 bits per heavy atom. The second-order valence-electron chi connectivity index (χ2n) is 3.79. The Morgan fingerprint density at radius 1 is 1.29 bits per heavy atom. The van der Waals surface area contributed by atoms with E-state index >= 15 is 0 Å². The number of hydrogen-bond acceptors (Lipinski definition) is 3. The fourth-order valence-electron chi connectivity index (χ4n) is 1.79. The lowest BCUT2D eigenvalue weighted by molar-refractivity contribution is -0.136. The number of hydrogen-bond donors (Lipinski definition) is 3. The van der Waals surface area contributed by atoms with Crippen LogP contribution in [0.1, 0.15) is 23.2 Å². The number of carbonyl (C=O) groups excluding carboxylic acids is 1. The zero-order chi connectivity index (χ0) is 12.4. The van der Waals surface area contributed by atoms with E-state index < -0.39 is 5.97 Å². The Morgan fingerprint density at radius 3 is 2.76 bits per heavy atom. The van der Waals surface area contributed by atoms with Crippen molar-refractivity contribution in [3.63, 3.8) is 0 Å². The predicted octanol–water partition coefficient (Wildman–Crippen LogP) is 1.80. The van der Waals surface area contributed by atoms with Crippen LogP contribution in [-0.4, -0.2) is 21.8 Å². The second kappa shape index (κ2) is 4.29. The molecule has 0 saturated heterocycles. The average molecular weight is 232 g/mol. The first-order valence-electron chi connectivity index (χ1n) is 5.20. The van der Waals surface area contributed by atoms with Crippen LogP contribution in [0.25, 0.3) is 10.9 Å². The fourth-order valence-corrected chi connectivity index (χ4v) is 1.79. The highest BCUT2D eigenvalue weighted by molar-refractivity contribution is 6.12. The Balaban J connectivity index is 2.36. The van der Waals surface area contributed by atoms with Crippen molar-refractivity contribution >= 4 is 28.3 Å². The van der Waals surface area contributed by atoms with Gasteiger partial charge in [0.2, 0.25) is 0 Å². The molecule has 0 amide bonds. The minimum absolute atomic E-state index is 0.0172. The number of benzene rings is 1. The van der Waals surface area contributed by atoms with Crippen LogP contribution in [-0.2, 0) is 4.79 Å². The summed E-state index contributed by atoms with van der Waals surface area (Å²) < 4.78 is 0. The van der Waals surface area contributed by atoms with Gasteiger partial charge in [0.15, 0.2) is 5.78 Å². The molecular formula is C12H12N2O3. The summed E-state index contributed by atoms with van der Waals surface area (Å²) in [5.74, 6) is -1.19. The van der Waals surface area contributed by atoms with Crippen molar-refractivity contribution in [3.8, 4) is 0 Å². The Kier molecular flexibility index (Phi) is 2.82. The van der Waals surface area contributed by atoms with Gasteiger partial charge in [-0.15, -0.1) is 0 Å². The van der Waals surface area contributed by atoms with Crippen LogP contribution in [0.2, 0.25) is 0 Å². The molecule has 0 saturated carbocycles. The number of rotatable bonds is 4. The lowest BCUT2D eigenvalue weighted by atomic mass is 10.0. The molecule has 17 heavy (non-hydrogen) atoms. The van der Waals surface area contributed by atoms with E-state index in [1.165, 1.54) is 0 Å². The van der Waals surface area contributed by atoms with Gasteiger partial charge in [-0.2, -0.15) is 0 Å². The number of carboxylic acid groups (broad SMARTS) is 1. The van der Waals surface area contributed by atoms with Crippen LogP contribution in [0.3, 0.4) is 0 Å². The molecule has 0 unspecified atom stereocenters. The molecule has 5 heteroatoms. The Labute approximate surface area is 97.2 Å². The smallest absolute Gasteiger partial charge is 0.303 e. The largest absolute Gasteiger partial charge is 0.481 e. The molecule has 2 rings (SSSR count). The monoisotopic (exact) mass is 232 g/mol. The van der Waals surface area contributed by atoms with Gasteiger partial charge in [-0.05, 0) is 12.1 Å². The summed E-state index contributed by atoms with van der Waals surface area (Å²) in [6, 6.07) is 5.32. The van der Waals surface area contributed by atoms with Gasteiger partial charge in [-0.1, -0.05) is 6.07 Å². The van der Waals surface area contributed by atoms with Crippen LogP contribution in [0.4, 0.5) is 5.69 Å². The van der Waals surface area contributed by atoms with Gasteiger partial charge >= 0.3 is 5.97 Å². The molecule has 5 nitrogen and oxygen atoms in total. The van der Waals surface area contributed by atoms with Crippen LogP contribution >= 0.6 is 0 Å². The third-order valence-corrected chi connectivity index (χ3v) is 2.60. The number of anilines is 1. The molecule has 0 spiro atoms. The standard InChI is InChI=1S/C12H12N2O3/c13-8-2-1-3-9-12(8)7(6-14-9)10(15)4-5-11(16)17/h1-3,6,14H,4-5,13H2,(H,16,17). The number of aromatic amines is 1. The fraction of sp³-hybridized carbons (Fsp3) is 0.167. The summed E-state index contributed by atoms with van der Waals surface area (Å²) in [5, 5.41) is 9.21. The van der Waals surface area contributed by atoms with Gasteiger partial charge in [0, 0.05) is 34.8 Å². The van der Waals surface area contributed by atoms with Crippen molar-refractivity contribution in [2.75, 3.05) is 5.73 Å². The first kappa shape index (κ1) is 11.2. The van der Waals surface area contributed by atoms with E-state index in [1.807, 2.05) is 6.07 Å². The number of fused-ring (bicyclic) bond motifs is 1. The van der Waals surface area contributed by atoms with Crippen LogP contribution in [0.5, 0.6) is 0 Å². The minimum atomic E-state index is -0.980. The number of Topliss-reactive ketones (excluding diaryl/α,β-unsaturated/α-hetero) is 1. The second-order valence-corrected chi connectivity index (χ2v) is 3.79. The summed E-state index contributed by atoms with van der Waals surface area (Å²) in [7, 11) is 0. The number of nitrogen functional groups attached to an aromatic ring is 1. The van der Waals surface area contributed by atoms with E-state index in [9.17, 15) is 9.59 Å². The molecule has 0 aliphatic carbocycles. The molecule has 2 aromatic rings. The first-order valence-corrected chi connectivity index (χ1v) is 5.20. The number of carbonyl (C=O) groups is 2. The average Bonchev–Trinajstić information content (AvgIpc) is 2.71. The normalized spacial score (nSPS) is 10.6. The highest BCUT2D eigenvalue weighted by Crippen LogP contribution is 2.25. The molecule has 0 bridgehead atoms. The van der Waals surface area contributed by atoms with Crippen LogP contribution in [0.15, 0.2) is 24.4 Å². The molecule has 1 aromatic carbocycles. The maximum absolute atomic E-state index is 11.8. The number of ketones is 1. The lowest BCUT2D eigenvalue weighted by Crippen LogP contribution is -2.03. The van der Waals surface area contributed by atoms with E-state index in [4.69, 9.17) is 10.8 Å². The number of nitrogens with two attached hydrogens (primary N) is 1. The van der Waals surface area contributed by atoms with E-state index in [0.717, 1.165) is 5.52 Å². The molecule has 0 atom stereocenters. The third kappa shape index (κ3) is 2.13. The number of carboxylic acids is 1. The summed E-state index contributed by atoms with van der Waals surface area (Å²) in [6.07, 6.45) is 1.39. The van der Waals surface area contributed by atoms with Gasteiger partial charge in [0.25, 0.3) is 0 Å². The molecular weight excluding hydrogens is 220 g/mol. The number of H-pyrrole nitrogens is 1. The van der Waals surface area contributed by atoms with E-state index in [0.29, 0.717) is 16.6 Å². The van der Waals surface area contributed by atoms with Crippen LogP contribution in [0, 0.1) is 0 Å². The number of aromatic nitrogens is 1. The zero-order valence-corrected chi connectivity index (χ0v) is 9.06. The van der Waals surface area contributed by atoms with Crippen LogP contribution < -0.4 is 5.73 Å². The molecule has 0 radical (unpaired) electrons. The summed E-state index contributed by atoms with van der Waals surface area (Å²) in [4.78, 5) is 25.2. The molecule has 0 fully saturated rings. The molecule has 1 heterocycles. The van der Waals surface area contributed by atoms with Crippen molar-refractivity contribution in [3.05, 3.63) is 30.0 Å². The van der Waals surface area contributed by atoms with E-state index in [2.05, 4.69) is 4.98 Å². The topological polar surface area (TPSA) is 96.2 Å². The van der Waals surface area contributed by atoms with Gasteiger partial charge in [0.1, 0.15) is 0 Å². The maximum atomic E-state index is 11.8. The van der Waals surface area contributed by atoms with Crippen molar-refractivity contribution < 1.29 is 14.7 Å². The Hall–Kier alpha value is -2.30. The van der Waals surface area contributed by atoms with E-state index in [1.54, 1.807) is 18.3 Å². The molecule has 4 N–H and O–H groups in total. The lowest BCUT2D eigenvalue weighted by Gasteiger charge is -2.00. The van der Waals surface area contributed by atoms with E-state index in [-0.39, 0.29) is 18.6 Å². The van der Waals surface area contributed by atoms with Crippen molar-refractivity contribution in [1.29, 1.82) is 0 Å². The minimum Gasteiger partial charge on any atom is -0.481 e.